The molecule has 12 nitrogen and oxygen atoms in total. The van der Waals surface area contributed by atoms with E-state index >= 15 is 0 Å². The van der Waals surface area contributed by atoms with E-state index in [-0.39, 0.29) is 17.9 Å². The van der Waals surface area contributed by atoms with Gasteiger partial charge in [0.15, 0.2) is 5.65 Å². The zero-order valence-electron chi connectivity index (χ0n) is 25.5. The van der Waals surface area contributed by atoms with Crippen molar-refractivity contribution in [3.05, 3.63) is 60.0 Å². The van der Waals surface area contributed by atoms with E-state index in [2.05, 4.69) is 37.4 Å². The quantitative estimate of drug-likeness (QED) is 0.284. The third-order valence-corrected chi connectivity index (χ3v) is 10.1. The molecule has 0 aliphatic carbocycles. The van der Waals surface area contributed by atoms with Crippen molar-refractivity contribution in [1.29, 1.82) is 5.26 Å². The summed E-state index contributed by atoms with van der Waals surface area (Å²) in [5.41, 5.74) is 4.34. The number of piperidine rings is 1. The Kier molecular flexibility index (Phi) is 8.12. The molecule has 3 aliphatic heterocycles. The van der Waals surface area contributed by atoms with Crippen LogP contribution in [0.2, 0.25) is 0 Å². The number of carbonyl (C=O) groups is 1. The number of nitrogens with zero attached hydrogens (tertiary/aromatic N) is 9. The number of thiol groups is 1. The lowest BCUT2D eigenvalue weighted by Gasteiger charge is -2.51. The molecule has 0 bridgehead atoms. The first kappa shape index (κ1) is 29.6. The molecule has 0 radical (unpaired) electrons. The molecule has 0 spiro atoms. The van der Waals surface area contributed by atoms with Crippen molar-refractivity contribution in [2.24, 2.45) is 0 Å². The molecule has 3 aromatic heterocycles. The zero-order valence-corrected chi connectivity index (χ0v) is 26.4. The number of morpholine rings is 1. The Morgan fingerprint density at radius 1 is 1.16 bits per heavy atom. The third-order valence-electron chi connectivity index (χ3n) is 9.46. The fourth-order valence-corrected chi connectivity index (χ4v) is 7.35. The van der Waals surface area contributed by atoms with Gasteiger partial charge in [-0.15, -0.1) is 17.7 Å². The molecule has 3 fully saturated rings. The number of benzene rings is 1. The van der Waals surface area contributed by atoms with Gasteiger partial charge < -0.3 is 19.9 Å². The summed E-state index contributed by atoms with van der Waals surface area (Å²) in [5, 5.41) is 22.0. The second-order valence-electron chi connectivity index (χ2n) is 12.4. The molecule has 1 N–H and O–H groups in total. The van der Waals surface area contributed by atoms with E-state index < -0.39 is 0 Å². The monoisotopic (exact) mass is 626 g/mol. The van der Waals surface area contributed by atoms with E-state index in [1.165, 1.54) is 0 Å². The normalized spacial score (nSPS) is 19.0. The number of anilines is 3. The number of likely N-dealkylation sites (tertiary alicyclic amines) is 1. The minimum absolute atomic E-state index is 0.0818. The van der Waals surface area contributed by atoms with Gasteiger partial charge in [-0.3, -0.25) is 14.4 Å². The van der Waals surface area contributed by atoms with Crippen LogP contribution in [0.1, 0.15) is 30.4 Å². The first-order valence-corrected chi connectivity index (χ1v) is 16.0. The summed E-state index contributed by atoms with van der Waals surface area (Å²) in [5.74, 6) is 0.525. The van der Waals surface area contributed by atoms with E-state index in [4.69, 9.17) is 22.3 Å². The highest BCUT2D eigenvalue weighted by Gasteiger charge is 2.46. The van der Waals surface area contributed by atoms with Crippen LogP contribution in [0.4, 0.5) is 17.3 Å². The van der Waals surface area contributed by atoms with Crippen molar-refractivity contribution in [3.63, 3.8) is 0 Å². The Hall–Kier alpha value is -4.12. The maximum Gasteiger partial charge on any atom is 0.247 e. The van der Waals surface area contributed by atoms with Crippen LogP contribution in [0.15, 0.2) is 53.8 Å². The van der Waals surface area contributed by atoms with Gasteiger partial charge in [0.25, 0.3) is 0 Å². The molecule has 1 amide bonds. The van der Waals surface area contributed by atoms with Crippen LogP contribution in [0.3, 0.4) is 0 Å². The lowest BCUT2D eigenvalue weighted by atomic mass is 9.71. The summed E-state index contributed by atoms with van der Waals surface area (Å²) in [7, 11) is 0. The Balaban J connectivity index is 0.987. The lowest BCUT2D eigenvalue weighted by Crippen LogP contribution is -2.59. The number of nitriles is 1. The number of nitrogens with one attached hydrogen (secondary N) is 1. The Bertz CT molecular complexity index is 1730. The highest BCUT2D eigenvalue weighted by atomic mass is 32.1. The third kappa shape index (κ3) is 5.85. The van der Waals surface area contributed by atoms with Crippen molar-refractivity contribution < 1.29 is 9.53 Å². The Morgan fingerprint density at radius 2 is 1.96 bits per heavy atom. The number of aromatic nitrogens is 5. The van der Waals surface area contributed by atoms with Crippen LogP contribution >= 0.6 is 12.6 Å². The molecule has 3 aliphatic rings. The van der Waals surface area contributed by atoms with Gasteiger partial charge in [-0.25, -0.2) is 4.52 Å². The fraction of sp³-hybridized carbons (Fsp3) is 0.469. The van der Waals surface area contributed by atoms with E-state index in [1.807, 2.05) is 48.5 Å². The smallest absolute Gasteiger partial charge is 0.247 e. The van der Waals surface area contributed by atoms with Gasteiger partial charge in [-0.05, 0) is 43.0 Å². The highest BCUT2D eigenvalue weighted by molar-refractivity contribution is 7.80. The van der Waals surface area contributed by atoms with E-state index in [9.17, 15) is 10.1 Å². The summed E-state index contributed by atoms with van der Waals surface area (Å²) in [6.07, 6.45) is 7.79. The van der Waals surface area contributed by atoms with Gasteiger partial charge in [0.05, 0.1) is 36.9 Å². The lowest BCUT2D eigenvalue weighted by molar-refractivity contribution is -0.133. The number of carbonyl (C=O) groups excluding carboxylic acids is 1. The topological polar surface area (TPSA) is 120 Å². The van der Waals surface area contributed by atoms with Gasteiger partial charge in [0.1, 0.15) is 6.54 Å². The van der Waals surface area contributed by atoms with Gasteiger partial charge in [-0.2, -0.15) is 15.3 Å². The molecule has 0 unspecified atom stereocenters. The summed E-state index contributed by atoms with van der Waals surface area (Å²) in [6, 6.07) is 13.1. The minimum atomic E-state index is -0.281. The molecule has 0 atom stereocenters. The molecule has 6 heterocycles. The summed E-state index contributed by atoms with van der Waals surface area (Å²) < 4.78 is 8.90. The van der Waals surface area contributed by atoms with Crippen molar-refractivity contribution >= 4 is 41.5 Å². The first-order chi connectivity index (χ1) is 21.9. The predicted octanol–water partition coefficient (Wildman–Crippen LogP) is 3.26. The average molecular weight is 627 g/mol. The second kappa shape index (κ2) is 12.3. The maximum absolute atomic E-state index is 13.0. The summed E-state index contributed by atoms with van der Waals surface area (Å²) in [4.78, 5) is 25.5. The van der Waals surface area contributed by atoms with E-state index in [1.54, 1.807) is 15.4 Å². The van der Waals surface area contributed by atoms with Crippen LogP contribution in [-0.4, -0.2) is 98.6 Å². The van der Waals surface area contributed by atoms with Gasteiger partial charge >= 0.3 is 0 Å². The largest absolute Gasteiger partial charge is 0.379 e. The van der Waals surface area contributed by atoms with Crippen LogP contribution in [0.5, 0.6) is 0 Å². The highest BCUT2D eigenvalue weighted by Crippen LogP contribution is 2.44. The molecule has 7 rings (SSSR count). The Labute approximate surface area is 268 Å². The first-order valence-electron chi connectivity index (χ1n) is 15.6. The number of ether oxygens (including phenoxy) is 1. The SMILES string of the molecule is Cc1cccc(C2(CC#N)CN(c3cccn4nc(Nc5cnn(CC(=O)N6CCC(N7CCOCC7)CC6)c5)nc34)C2)c1S. The molecule has 45 heavy (non-hydrogen) atoms. The predicted molar refractivity (Wildman–Crippen MR) is 173 cm³/mol. The second-order valence-corrected chi connectivity index (χ2v) is 12.8. The molecular formula is C32H38N10O2S. The van der Waals surface area contributed by atoms with Crippen molar-refractivity contribution in [3.8, 4) is 6.07 Å². The standard InChI is InChI=1S/C32H38N10O2S/c1-23-4-2-5-26(29(23)45)32(9-10-33)21-40(22-32)27-6-3-11-42-30(27)36-31(37-42)35-24-18-34-41(19-24)20-28(43)39-12-7-25(8-13-39)38-14-16-44-17-15-38/h2-6,11,18-19,25,45H,7-9,12-17,20-22H2,1H3,(H,35,37). The summed E-state index contributed by atoms with van der Waals surface area (Å²) >= 11 is 4.78. The molecular weight excluding hydrogens is 588 g/mol. The summed E-state index contributed by atoms with van der Waals surface area (Å²) in [6.45, 7) is 8.74. The number of rotatable bonds is 8. The molecule has 1 aromatic carbocycles. The van der Waals surface area contributed by atoms with Crippen molar-refractivity contribution in [1.82, 2.24) is 34.2 Å². The van der Waals surface area contributed by atoms with Crippen molar-refractivity contribution in [2.75, 3.05) is 62.7 Å². The van der Waals surface area contributed by atoms with Gasteiger partial charge in [-0.1, -0.05) is 18.2 Å². The average Bonchev–Trinajstić information content (AvgIpc) is 3.67. The molecule has 0 saturated carbocycles. The van der Waals surface area contributed by atoms with E-state index in [0.29, 0.717) is 37.2 Å². The molecule has 234 valence electrons. The number of aryl methyl sites for hydroxylation is 1. The van der Waals surface area contributed by atoms with Crippen LogP contribution in [0.25, 0.3) is 5.65 Å². The molecule has 3 saturated heterocycles. The number of hydrogen-bond acceptors (Lipinski definition) is 10. The van der Waals surface area contributed by atoms with Crippen LogP contribution in [0, 0.1) is 18.3 Å². The van der Waals surface area contributed by atoms with Crippen LogP contribution < -0.4 is 10.2 Å². The fourth-order valence-electron chi connectivity index (χ4n) is 6.97. The number of pyridine rings is 1. The van der Waals surface area contributed by atoms with E-state index in [0.717, 1.165) is 79.6 Å². The Morgan fingerprint density at radius 3 is 2.73 bits per heavy atom. The van der Waals surface area contributed by atoms with Crippen LogP contribution in [-0.2, 0) is 21.5 Å². The number of amides is 1. The number of hydrogen-bond donors (Lipinski definition) is 2. The zero-order chi connectivity index (χ0) is 31.0. The number of fused-ring (bicyclic) bond motifs is 1. The maximum atomic E-state index is 13.0. The minimum Gasteiger partial charge on any atom is -0.379 e. The molecule has 4 aromatic rings. The molecule has 13 heteroatoms. The van der Waals surface area contributed by atoms with Crippen molar-refractivity contribution in [2.45, 2.75) is 49.1 Å². The van der Waals surface area contributed by atoms with Gasteiger partial charge in [0.2, 0.25) is 11.9 Å². The van der Waals surface area contributed by atoms with Gasteiger partial charge in [0, 0.05) is 74.4 Å².